The van der Waals surface area contributed by atoms with Gasteiger partial charge in [-0.3, -0.25) is 9.69 Å². The summed E-state index contributed by atoms with van der Waals surface area (Å²) in [6.45, 7) is 10.7. The average Bonchev–Trinajstić information content (AvgIpc) is 2.61. The van der Waals surface area contributed by atoms with Gasteiger partial charge >= 0.3 is 0 Å². The molecule has 1 heterocycles. The molecule has 1 aliphatic rings. The van der Waals surface area contributed by atoms with Gasteiger partial charge in [-0.2, -0.15) is 0 Å². The molecule has 0 N–H and O–H groups in total. The Morgan fingerprint density at radius 2 is 1.88 bits per heavy atom. The molecular formula is C20H31ClN2O3. The summed E-state index contributed by atoms with van der Waals surface area (Å²) in [5.74, 6) is 1.53. The first-order valence-electron chi connectivity index (χ1n) is 9.36. The highest BCUT2D eigenvalue weighted by Crippen LogP contribution is 2.24. The normalized spacial score (nSPS) is 16.8. The Bertz CT molecular complexity index is 586. The van der Waals surface area contributed by atoms with E-state index in [4.69, 9.17) is 21.1 Å². The molecule has 1 aliphatic heterocycles. The number of halogens is 1. The highest BCUT2D eigenvalue weighted by atomic mass is 35.5. The Kier molecular flexibility index (Phi) is 8.19. The quantitative estimate of drug-likeness (QED) is 0.690. The molecule has 0 aliphatic carbocycles. The molecule has 0 bridgehead atoms. The second kappa shape index (κ2) is 10.1. The molecule has 5 nitrogen and oxygen atoms in total. The van der Waals surface area contributed by atoms with Crippen LogP contribution in [0.2, 0.25) is 5.02 Å². The van der Waals surface area contributed by atoms with E-state index in [0.717, 1.165) is 50.5 Å². The van der Waals surface area contributed by atoms with Crippen molar-refractivity contribution >= 4 is 17.5 Å². The highest BCUT2D eigenvalue weighted by Gasteiger charge is 2.25. The van der Waals surface area contributed by atoms with E-state index in [1.165, 1.54) is 0 Å². The van der Waals surface area contributed by atoms with Crippen LogP contribution in [0.4, 0.5) is 0 Å². The summed E-state index contributed by atoms with van der Waals surface area (Å²) in [6.07, 6.45) is 0.612. The van der Waals surface area contributed by atoms with Crippen LogP contribution in [-0.4, -0.2) is 61.7 Å². The van der Waals surface area contributed by atoms with E-state index < -0.39 is 0 Å². The van der Waals surface area contributed by atoms with Crippen LogP contribution in [0, 0.1) is 5.92 Å². The largest absolute Gasteiger partial charge is 0.496 e. The van der Waals surface area contributed by atoms with Gasteiger partial charge in [0.15, 0.2) is 0 Å². The van der Waals surface area contributed by atoms with E-state index in [-0.39, 0.29) is 12.0 Å². The lowest BCUT2D eigenvalue weighted by atomic mass is 10.1. The SMILES string of the molecule is COc1ccc(Cl)cc1CN1CCN(C(=O)C(C)OCCC(C)C)CC1. The Balaban J connectivity index is 1.81. The van der Waals surface area contributed by atoms with Crippen LogP contribution in [0.15, 0.2) is 18.2 Å². The molecule has 0 spiro atoms. The Labute approximate surface area is 162 Å². The summed E-state index contributed by atoms with van der Waals surface area (Å²) in [4.78, 5) is 16.8. The third kappa shape index (κ3) is 6.15. The second-order valence-corrected chi connectivity index (χ2v) is 7.69. The lowest BCUT2D eigenvalue weighted by molar-refractivity contribution is -0.144. The summed E-state index contributed by atoms with van der Waals surface area (Å²) in [6, 6.07) is 5.68. The van der Waals surface area contributed by atoms with Crippen molar-refractivity contribution in [3.8, 4) is 5.75 Å². The fourth-order valence-electron chi connectivity index (χ4n) is 3.05. The molecule has 1 aromatic carbocycles. The molecule has 1 amide bonds. The van der Waals surface area contributed by atoms with Gasteiger partial charge in [0.2, 0.25) is 0 Å². The van der Waals surface area contributed by atoms with Crippen molar-refractivity contribution in [2.24, 2.45) is 5.92 Å². The first-order valence-corrected chi connectivity index (χ1v) is 9.73. The number of rotatable bonds is 8. The van der Waals surface area contributed by atoms with Crippen LogP contribution in [0.25, 0.3) is 0 Å². The van der Waals surface area contributed by atoms with Gasteiger partial charge in [0.1, 0.15) is 11.9 Å². The molecule has 146 valence electrons. The van der Waals surface area contributed by atoms with E-state index in [9.17, 15) is 4.79 Å². The lowest BCUT2D eigenvalue weighted by Crippen LogP contribution is -2.51. The van der Waals surface area contributed by atoms with E-state index in [1.807, 2.05) is 30.0 Å². The lowest BCUT2D eigenvalue weighted by Gasteiger charge is -2.36. The van der Waals surface area contributed by atoms with Gasteiger partial charge in [0.25, 0.3) is 5.91 Å². The van der Waals surface area contributed by atoms with Crippen LogP contribution in [0.3, 0.4) is 0 Å². The third-order valence-corrected chi connectivity index (χ3v) is 4.97. The van der Waals surface area contributed by atoms with Gasteiger partial charge in [-0.25, -0.2) is 0 Å². The van der Waals surface area contributed by atoms with Crippen LogP contribution >= 0.6 is 11.6 Å². The van der Waals surface area contributed by atoms with Crippen molar-refractivity contribution in [3.63, 3.8) is 0 Å². The van der Waals surface area contributed by atoms with Gasteiger partial charge in [-0.05, 0) is 37.5 Å². The average molecular weight is 383 g/mol. The molecule has 0 saturated carbocycles. The molecule has 0 aromatic heterocycles. The summed E-state index contributed by atoms with van der Waals surface area (Å²) in [5.41, 5.74) is 1.07. The van der Waals surface area contributed by atoms with Gasteiger partial charge in [-0.1, -0.05) is 25.4 Å². The fourth-order valence-corrected chi connectivity index (χ4v) is 3.24. The molecule has 1 saturated heterocycles. The molecule has 2 rings (SSSR count). The number of carbonyl (C=O) groups excluding carboxylic acids is 1. The third-order valence-electron chi connectivity index (χ3n) is 4.73. The maximum absolute atomic E-state index is 12.5. The zero-order valence-electron chi connectivity index (χ0n) is 16.3. The molecule has 1 aromatic rings. The van der Waals surface area contributed by atoms with E-state index in [1.54, 1.807) is 7.11 Å². The Hall–Kier alpha value is -1.30. The molecule has 1 atom stereocenters. The first kappa shape index (κ1) is 21.0. The minimum Gasteiger partial charge on any atom is -0.496 e. The zero-order chi connectivity index (χ0) is 19.1. The van der Waals surface area contributed by atoms with Gasteiger partial charge in [-0.15, -0.1) is 0 Å². The summed E-state index contributed by atoms with van der Waals surface area (Å²) >= 11 is 6.11. The number of nitrogens with zero attached hydrogens (tertiary/aromatic N) is 2. The van der Waals surface area contributed by atoms with E-state index in [0.29, 0.717) is 17.5 Å². The maximum atomic E-state index is 12.5. The number of benzene rings is 1. The van der Waals surface area contributed by atoms with Gasteiger partial charge < -0.3 is 14.4 Å². The van der Waals surface area contributed by atoms with Gasteiger partial charge in [0, 0.05) is 49.9 Å². The molecule has 0 radical (unpaired) electrons. The topological polar surface area (TPSA) is 42.0 Å². The van der Waals surface area contributed by atoms with Crippen molar-refractivity contribution in [2.75, 3.05) is 39.9 Å². The Morgan fingerprint density at radius 3 is 2.50 bits per heavy atom. The zero-order valence-corrected chi connectivity index (χ0v) is 17.1. The second-order valence-electron chi connectivity index (χ2n) is 7.25. The summed E-state index contributed by atoms with van der Waals surface area (Å²) in [7, 11) is 1.67. The van der Waals surface area contributed by atoms with Gasteiger partial charge in [0.05, 0.1) is 7.11 Å². The molecule has 26 heavy (non-hydrogen) atoms. The van der Waals surface area contributed by atoms with Crippen molar-refractivity contribution in [1.29, 1.82) is 0 Å². The number of piperazine rings is 1. The number of hydrogen-bond donors (Lipinski definition) is 0. The molecule has 6 heteroatoms. The van der Waals surface area contributed by atoms with Crippen LogP contribution in [0.1, 0.15) is 32.8 Å². The fraction of sp³-hybridized carbons (Fsp3) is 0.650. The van der Waals surface area contributed by atoms with Crippen LogP contribution in [-0.2, 0) is 16.1 Å². The standard InChI is InChI=1S/C20H31ClN2O3/c1-15(2)7-12-26-16(3)20(24)23-10-8-22(9-11-23)14-17-13-18(21)5-6-19(17)25-4/h5-6,13,15-16H,7-12,14H2,1-4H3. The number of amides is 1. The van der Waals surface area contributed by atoms with Crippen LogP contribution < -0.4 is 4.74 Å². The minimum absolute atomic E-state index is 0.0914. The maximum Gasteiger partial charge on any atom is 0.251 e. The number of ether oxygens (including phenoxy) is 2. The van der Waals surface area contributed by atoms with Crippen molar-refractivity contribution in [1.82, 2.24) is 9.80 Å². The predicted octanol–water partition coefficient (Wildman–Crippen LogP) is 3.44. The Morgan fingerprint density at radius 1 is 1.19 bits per heavy atom. The number of methoxy groups -OCH3 is 1. The summed E-state index contributed by atoms with van der Waals surface area (Å²) in [5, 5.41) is 0.710. The molecule has 1 fully saturated rings. The van der Waals surface area contributed by atoms with Crippen molar-refractivity contribution in [3.05, 3.63) is 28.8 Å². The predicted molar refractivity (Wildman–Crippen MR) is 105 cm³/mol. The number of hydrogen-bond acceptors (Lipinski definition) is 4. The first-order chi connectivity index (χ1) is 12.4. The van der Waals surface area contributed by atoms with E-state index in [2.05, 4.69) is 18.7 Å². The minimum atomic E-state index is -0.367. The van der Waals surface area contributed by atoms with Crippen LogP contribution in [0.5, 0.6) is 5.75 Å². The van der Waals surface area contributed by atoms with E-state index >= 15 is 0 Å². The molecular weight excluding hydrogens is 352 g/mol. The smallest absolute Gasteiger partial charge is 0.251 e. The highest BCUT2D eigenvalue weighted by molar-refractivity contribution is 6.30. The van der Waals surface area contributed by atoms with Crippen molar-refractivity contribution < 1.29 is 14.3 Å². The summed E-state index contributed by atoms with van der Waals surface area (Å²) < 4.78 is 11.1. The van der Waals surface area contributed by atoms with Crippen molar-refractivity contribution in [2.45, 2.75) is 39.8 Å². The number of carbonyl (C=O) groups is 1. The molecule has 1 unspecified atom stereocenters. The monoisotopic (exact) mass is 382 g/mol.